The minimum Gasteiger partial charge on any atom is -0.504 e. The van der Waals surface area contributed by atoms with Gasteiger partial charge in [-0.2, -0.15) is 0 Å². The number of rotatable bonds is 4. The van der Waals surface area contributed by atoms with Gasteiger partial charge < -0.3 is 30.7 Å². The molecule has 3 aromatic rings. The first kappa shape index (κ1) is 26.7. The van der Waals surface area contributed by atoms with Gasteiger partial charge in [-0.3, -0.25) is 0 Å². The number of nitrogens with zero attached hydrogens (tertiary/aromatic N) is 3. The molecule has 1 aliphatic carbocycles. The molecule has 1 saturated carbocycles. The number of hydrogen-bond donors (Lipinski definition) is 4. The van der Waals surface area contributed by atoms with E-state index in [9.17, 15) is 14.3 Å². The Morgan fingerprint density at radius 3 is 2.68 bits per heavy atom. The summed E-state index contributed by atoms with van der Waals surface area (Å²) < 4.78 is 19.0. The zero-order valence-corrected chi connectivity index (χ0v) is 21.5. The highest BCUT2D eigenvalue weighted by Gasteiger charge is 2.20. The predicted molar refractivity (Wildman–Crippen MR) is 142 cm³/mol. The Hall–Kier alpha value is -3.37. The number of halogens is 2. The first-order valence-electron chi connectivity index (χ1n) is 12.4. The molecule has 4 N–H and O–H groups in total. The third-order valence-electron chi connectivity index (χ3n) is 6.48. The van der Waals surface area contributed by atoms with Gasteiger partial charge in [-0.25, -0.2) is 19.2 Å². The summed E-state index contributed by atoms with van der Waals surface area (Å²) in [5.74, 6) is 0.0169. The molecule has 1 aromatic heterocycles. The fourth-order valence-electron chi connectivity index (χ4n) is 4.44. The molecule has 0 radical (unpaired) electrons. The number of phenolic OH excluding ortho intramolecular Hbond substituents is 1. The first-order chi connectivity index (χ1) is 18.0. The van der Waals surface area contributed by atoms with E-state index in [0.717, 1.165) is 39.0 Å². The van der Waals surface area contributed by atoms with Gasteiger partial charge in [0, 0.05) is 43.7 Å². The Morgan fingerprint density at radius 2 is 1.95 bits per heavy atom. The van der Waals surface area contributed by atoms with Gasteiger partial charge in [-0.05, 0) is 31.0 Å². The fraction of sp³-hybridized carbons (Fsp3) is 0.423. The van der Waals surface area contributed by atoms with Crippen LogP contribution < -0.4 is 20.7 Å². The van der Waals surface area contributed by atoms with E-state index < -0.39 is 5.82 Å². The quantitative estimate of drug-likeness (QED) is 0.383. The fourth-order valence-corrected chi connectivity index (χ4v) is 4.62. The number of ether oxygens (including phenoxy) is 1. The number of hydrogen-bond acceptors (Lipinski definition) is 7. The van der Waals surface area contributed by atoms with Crippen LogP contribution in [0.5, 0.6) is 11.5 Å². The monoisotopic (exact) mass is 530 g/mol. The molecule has 0 unspecified atom stereocenters. The van der Waals surface area contributed by atoms with Crippen LogP contribution in [-0.4, -0.2) is 65.3 Å². The summed E-state index contributed by atoms with van der Waals surface area (Å²) in [6, 6.07) is 8.22. The molecule has 1 aliphatic heterocycles. The molecule has 0 bridgehead atoms. The Balaban J connectivity index is 0.000000186. The lowest BCUT2D eigenvalue weighted by Gasteiger charge is -2.31. The summed E-state index contributed by atoms with van der Waals surface area (Å²) in [6.45, 7) is 3.55. The smallest absolute Gasteiger partial charge is 0.317 e. The highest BCUT2D eigenvalue weighted by molar-refractivity contribution is 6.31. The van der Waals surface area contributed by atoms with Crippen LogP contribution in [0.4, 0.5) is 20.7 Å². The minimum atomic E-state index is -0.575. The molecular formula is C26H32ClFN6O3. The number of fused-ring (bicyclic) bond motifs is 1. The number of nitrogens with one attached hydrogen (secondary N) is 3. The van der Waals surface area contributed by atoms with E-state index in [1.807, 2.05) is 4.90 Å². The van der Waals surface area contributed by atoms with Crippen LogP contribution in [0.1, 0.15) is 32.1 Å². The average Bonchev–Trinajstić information content (AvgIpc) is 2.92. The van der Waals surface area contributed by atoms with Crippen molar-refractivity contribution in [1.82, 2.24) is 25.5 Å². The van der Waals surface area contributed by atoms with Crippen molar-refractivity contribution in [3.05, 3.63) is 47.5 Å². The van der Waals surface area contributed by atoms with Crippen molar-refractivity contribution in [1.29, 1.82) is 0 Å². The normalized spacial score (nSPS) is 16.0. The van der Waals surface area contributed by atoms with Crippen molar-refractivity contribution in [2.24, 2.45) is 0 Å². The Kier molecular flexibility index (Phi) is 9.19. The van der Waals surface area contributed by atoms with Crippen LogP contribution in [-0.2, 0) is 0 Å². The lowest BCUT2D eigenvalue weighted by molar-refractivity contribution is 0.183. The second-order valence-electron chi connectivity index (χ2n) is 9.01. The number of piperazine rings is 1. The average molecular weight is 531 g/mol. The van der Waals surface area contributed by atoms with Crippen molar-refractivity contribution < 1.29 is 19.0 Å². The van der Waals surface area contributed by atoms with E-state index in [0.29, 0.717) is 28.5 Å². The summed E-state index contributed by atoms with van der Waals surface area (Å²) in [6.07, 6.45) is 7.54. The maximum absolute atomic E-state index is 14.0. The zero-order valence-electron chi connectivity index (χ0n) is 20.8. The Bertz CT molecular complexity index is 1220. The Labute approximate surface area is 220 Å². The molecule has 2 heterocycles. The highest BCUT2D eigenvalue weighted by atomic mass is 35.5. The minimum absolute atomic E-state index is 0.00729. The second-order valence-corrected chi connectivity index (χ2v) is 9.42. The SMILES string of the molecule is COc1cc2ncnc(Nc3cccc(Cl)c3F)c2cc1O.O=C(NC1CCCCC1)N1CCNCC1. The zero-order chi connectivity index (χ0) is 26.2. The van der Waals surface area contributed by atoms with Gasteiger partial charge in [0.05, 0.1) is 23.3 Å². The maximum atomic E-state index is 14.0. The van der Waals surface area contributed by atoms with Gasteiger partial charge in [-0.1, -0.05) is 36.9 Å². The number of amides is 2. The van der Waals surface area contributed by atoms with Gasteiger partial charge in [0.15, 0.2) is 17.3 Å². The number of methoxy groups -OCH3 is 1. The van der Waals surface area contributed by atoms with Crippen LogP contribution in [0, 0.1) is 5.82 Å². The van der Waals surface area contributed by atoms with E-state index in [1.54, 1.807) is 18.2 Å². The number of urea groups is 1. The van der Waals surface area contributed by atoms with E-state index >= 15 is 0 Å². The summed E-state index contributed by atoms with van der Waals surface area (Å²) in [7, 11) is 1.45. The number of carbonyl (C=O) groups excluding carboxylic acids is 1. The molecule has 2 amide bonds. The lowest BCUT2D eigenvalue weighted by atomic mass is 9.96. The number of phenols is 1. The van der Waals surface area contributed by atoms with Crippen LogP contribution in [0.25, 0.3) is 10.9 Å². The highest BCUT2D eigenvalue weighted by Crippen LogP contribution is 2.34. The first-order valence-corrected chi connectivity index (χ1v) is 12.8. The van der Waals surface area contributed by atoms with Crippen molar-refractivity contribution in [3.8, 4) is 11.5 Å². The van der Waals surface area contributed by atoms with Crippen molar-refractivity contribution >= 4 is 40.0 Å². The summed E-state index contributed by atoms with van der Waals surface area (Å²) in [4.78, 5) is 22.0. The van der Waals surface area contributed by atoms with Gasteiger partial charge >= 0.3 is 6.03 Å². The molecule has 9 nitrogen and oxygen atoms in total. The number of anilines is 2. The second kappa shape index (κ2) is 12.7. The van der Waals surface area contributed by atoms with Crippen LogP contribution in [0.15, 0.2) is 36.7 Å². The third-order valence-corrected chi connectivity index (χ3v) is 6.77. The van der Waals surface area contributed by atoms with E-state index in [4.69, 9.17) is 16.3 Å². The van der Waals surface area contributed by atoms with Gasteiger partial charge in [0.25, 0.3) is 0 Å². The molecule has 2 fully saturated rings. The van der Waals surface area contributed by atoms with Gasteiger partial charge in [-0.15, -0.1) is 0 Å². The summed E-state index contributed by atoms with van der Waals surface area (Å²) in [5, 5.41) is 19.7. The third kappa shape index (κ3) is 6.90. The summed E-state index contributed by atoms with van der Waals surface area (Å²) in [5.41, 5.74) is 0.734. The molecule has 2 aliphatic rings. The van der Waals surface area contributed by atoms with Crippen molar-refractivity contribution in [3.63, 3.8) is 0 Å². The predicted octanol–water partition coefficient (Wildman–Crippen LogP) is 4.81. The molecule has 1 saturated heterocycles. The van der Waals surface area contributed by atoms with Crippen molar-refractivity contribution in [2.75, 3.05) is 38.6 Å². The van der Waals surface area contributed by atoms with Crippen molar-refractivity contribution in [2.45, 2.75) is 38.1 Å². The largest absolute Gasteiger partial charge is 0.504 e. The molecule has 198 valence electrons. The number of aromatic hydroxyl groups is 1. The molecule has 5 rings (SSSR count). The molecular weight excluding hydrogens is 499 g/mol. The number of aromatic nitrogens is 2. The standard InChI is InChI=1S/C15H11ClFN3O2.C11H21N3O/c1-22-13-6-11-8(5-12(13)21)15(19-7-18-11)20-10-4-2-3-9(16)14(10)17;15-11(14-8-6-12-7-9-14)13-10-4-2-1-3-5-10/h2-7,21H,1H3,(H,18,19,20);10,12H,1-9H2,(H,13,15). The molecule has 11 heteroatoms. The van der Waals surface area contributed by atoms with Crippen LogP contribution >= 0.6 is 11.6 Å². The van der Waals surface area contributed by atoms with E-state index in [2.05, 4.69) is 25.9 Å². The van der Waals surface area contributed by atoms with E-state index in [1.165, 1.54) is 44.8 Å². The van der Waals surface area contributed by atoms with Gasteiger partial charge in [0.1, 0.15) is 12.1 Å². The van der Waals surface area contributed by atoms with Crippen LogP contribution in [0.3, 0.4) is 0 Å². The number of benzene rings is 2. The summed E-state index contributed by atoms with van der Waals surface area (Å²) >= 11 is 5.76. The molecule has 0 atom stereocenters. The number of carbonyl (C=O) groups is 1. The maximum Gasteiger partial charge on any atom is 0.317 e. The van der Waals surface area contributed by atoms with Crippen LogP contribution in [0.2, 0.25) is 5.02 Å². The molecule has 0 spiro atoms. The van der Waals surface area contributed by atoms with E-state index in [-0.39, 0.29) is 22.5 Å². The van der Waals surface area contributed by atoms with Gasteiger partial charge in [0.2, 0.25) is 0 Å². The lowest BCUT2D eigenvalue weighted by Crippen LogP contribution is -2.52. The topological polar surface area (TPSA) is 112 Å². The Morgan fingerprint density at radius 1 is 1.19 bits per heavy atom. The molecule has 2 aromatic carbocycles. The molecule has 37 heavy (non-hydrogen) atoms.